The molecule has 0 spiro atoms. The quantitative estimate of drug-likeness (QED) is 0.909. The van der Waals surface area contributed by atoms with Gasteiger partial charge in [0.05, 0.1) is 4.90 Å². The van der Waals surface area contributed by atoms with Crippen LogP contribution in [0.5, 0.6) is 0 Å². The molecule has 84 valence electrons. The lowest BCUT2D eigenvalue weighted by Crippen LogP contribution is -2.12. The Hall–Kier alpha value is -1.17. The molecule has 0 fully saturated rings. The summed E-state index contributed by atoms with van der Waals surface area (Å²) in [6.07, 6.45) is 0.601. The number of hydrogen-bond acceptors (Lipinski definition) is 3. The van der Waals surface area contributed by atoms with E-state index in [-0.39, 0.29) is 4.90 Å². The molecule has 0 saturated carbocycles. The van der Waals surface area contributed by atoms with Crippen LogP contribution >= 0.6 is 11.3 Å². The van der Waals surface area contributed by atoms with Gasteiger partial charge in [0.1, 0.15) is 0 Å². The van der Waals surface area contributed by atoms with Crippen molar-refractivity contribution in [2.45, 2.75) is 11.3 Å². The topological polar surface area (TPSA) is 60.2 Å². The monoisotopic (exact) mass is 253 g/mol. The van der Waals surface area contributed by atoms with Gasteiger partial charge >= 0.3 is 0 Å². The van der Waals surface area contributed by atoms with E-state index in [9.17, 15) is 8.42 Å². The van der Waals surface area contributed by atoms with Gasteiger partial charge in [-0.15, -0.1) is 11.3 Å². The molecule has 0 atom stereocenters. The third-order valence-electron chi connectivity index (χ3n) is 2.22. The molecule has 0 radical (unpaired) electrons. The molecule has 0 aliphatic rings. The molecule has 3 nitrogen and oxygen atoms in total. The van der Waals surface area contributed by atoms with Gasteiger partial charge in [0.15, 0.2) is 0 Å². The van der Waals surface area contributed by atoms with E-state index in [1.54, 1.807) is 11.4 Å². The van der Waals surface area contributed by atoms with Gasteiger partial charge in [-0.25, -0.2) is 13.6 Å². The van der Waals surface area contributed by atoms with E-state index in [1.807, 2.05) is 30.3 Å². The zero-order valence-electron chi connectivity index (χ0n) is 8.46. The van der Waals surface area contributed by atoms with Crippen LogP contribution < -0.4 is 5.14 Å². The highest BCUT2D eigenvalue weighted by Crippen LogP contribution is 2.23. The summed E-state index contributed by atoms with van der Waals surface area (Å²) in [4.78, 5) is 1.02. The van der Waals surface area contributed by atoms with Gasteiger partial charge in [0.2, 0.25) is 10.0 Å². The van der Waals surface area contributed by atoms with Crippen molar-refractivity contribution in [2.24, 2.45) is 5.14 Å². The lowest BCUT2D eigenvalue weighted by Gasteiger charge is -2.01. The maximum atomic E-state index is 11.3. The summed E-state index contributed by atoms with van der Waals surface area (Å²) in [5.74, 6) is 0. The number of primary sulfonamides is 1. The van der Waals surface area contributed by atoms with Crippen LogP contribution in [0.4, 0.5) is 0 Å². The van der Waals surface area contributed by atoms with Gasteiger partial charge in [-0.05, 0) is 17.0 Å². The maximum Gasteiger partial charge on any atom is 0.239 e. The van der Waals surface area contributed by atoms with Crippen LogP contribution in [-0.2, 0) is 16.4 Å². The average molecular weight is 253 g/mol. The van der Waals surface area contributed by atoms with Gasteiger partial charge in [0, 0.05) is 11.3 Å². The number of sulfonamides is 1. The van der Waals surface area contributed by atoms with E-state index in [1.165, 1.54) is 11.3 Å². The SMILES string of the molecule is NS(=O)(=O)c1ccsc1Cc1ccccc1. The van der Waals surface area contributed by atoms with Gasteiger partial charge in [0.25, 0.3) is 0 Å². The smallest absolute Gasteiger partial charge is 0.225 e. The number of rotatable bonds is 3. The van der Waals surface area contributed by atoms with Crippen LogP contribution in [0.2, 0.25) is 0 Å². The van der Waals surface area contributed by atoms with Crippen molar-refractivity contribution < 1.29 is 8.42 Å². The van der Waals surface area contributed by atoms with E-state index in [2.05, 4.69) is 0 Å². The normalized spacial score (nSPS) is 11.6. The van der Waals surface area contributed by atoms with Gasteiger partial charge in [-0.2, -0.15) is 0 Å². The lowest BCUT2D eigenvalue weighted by molar-refractivity contribution is 0.597. The molecular weight excluding hydrogens is 242 g/mol. The molecule has 0 amide bonds. The number of thiophene rings is 1. The molecule has 2 N–H and O–H groups in total. The van der Waals surface area contributed by atoms with Crippen molar-refractivity contribution in [1.29, 1.82) is 0 Å². The van der Waals surface area contributed by atoms with Gasteiger partial charge in [-0.3, -0.25) is 0 Å². The van der Waals surface area contributed by atoms with Crippen LogP contribution in [0, 0.1) is 0 Å². The molecule has 2 rings (SSSR count). The molecule has 1 heterocycles. The Labute approximate surface area is 98.6 Å². The highest BCUT2D eigenvalue weighted by Gasteiger charge is 2.15. The highest BCUT2D eigenvalue weighted by atomic mass is 32.2. The van der Waals surface area contributed by atoms with E-state index in [4.69, 9.17) is 5.14 Å². The molecule has 16 heavy (non-hydrogen) atoms. The Morgan fingerprint density at radius 1 is 1.12 bits per heavy atom. The second-order valence-electron chi connectivity index (χ2n) is 3.42. The summed E-state index contributed by atoms with van der Waals surface area (Å²) in [7, 11) is -3.60. The van der Waals surface area contributed by atoms with Crippen molar-refractivity contribution in [3.63, 3.8) is 0 Å². The van der Waals surface area contributed by atoms with Crippen molar-refractivity contribution in [2.75, 3.05) is 0 Å². The lowest BCUT2D eigenvalue weighted by atomic mass is 10.1. The Balaban J connectivity index is 2.34. The zero-order valence-corrected chi connectivity index (χ0v) is 10.1. The fraction of sp³-hybridized carbons (Fsp3) is 0.0909. The largest absolute Gasteiger partial charge is 0.239 e. The van der Waals surface area contributed by atoms with Crippen molar-refractivity contribution in [3.8, 4) is 0 Å². The molecule has 0 bridgehead atoms. The fourth-order valence-electron chi connectivity index (χ4n) is 1.49. The third-order valence-corrected chi connectivity index (χ3v) is 4.26. The Morgan fingerprint density at radius 2 is 1.81 bits per heavy atom. The minimum absolute atomic E-state index is 0.237. The van der Waals surface area contributed by atoms with E-state index in [0.29, 0.717) is 6.42 Å². The molecule has 0 unspecified atom stereocenters. The predicted octanol–water partition coefficient (Wildman–Crippen LogP) is 1.99. The molecule has 5 heteroatoms. The molecular formula is C11H11NO2S2. The zero-order chi connectivity index (χ0) is 11.6. The summed E-state index contributed by atoms with van der Waals surface area (Å²) in [6, 6.07) is 11.3. The molecule has 1 aromatic carbocycles. The van der Waals surface area contributed by atoms with Crippen LogP contribution in [0.25, 0.3) is 0 Å². The maximum absolute atomic E-state index is 11.3. The molecule has 0 aliphatic heterocycles. The first-order chi connectivity index (χ1) is 7.57. The number of hydrogen-bond donors (Lipinski definition) is 1. The van der Waals surface area contributed by atoms with Gasteiger partial charge in [-0.1, -0.05) is 30.3 Å². The first-order valence-corrected chi connectivity index (χ1v) is 7.13. The minimum atomic E-state index is -3.60. The van der Waals surface area contributed by atoms with E-state index in [0.717, 1.165) is 10.4 Å². The molecule has 1 aromatic heterocycles. The summed E-state index contributed by atoms with van der Waals surface area (Å²) < 4.78 is 22.6. The molecule has 0 saturated heterocycles. The van der Waals surface area contributed by atoms with Crippen LogP contribution in [0.15, 0.2) is 46.7 Å². The number of benzene rings is 1. The van der Waals surface area contributed by atoms with Crippen LogP contribution in [0.1, 0.15) is 10.4 Å². The van der Waals surface area contributed by atoms with Crippen LogP contribution in [-0.4, -0.2) is 8.42 Å². The summed E-state index contributed by atoms with van der Waals surface area (Å²) >= 11 is 1.41. The Bertz CT molecular complexity index is 573. The fourth-order valence-corrected chi connectivity index (χ4v) is 3.52. The van der Waals surface area contributed by atoms with E-state index < -0.39 is 10.0 Å². The minimum Gasteiger partial charge on any atom is -0.225 e. The molecule has 0 aliphatic carbocycles. The number of nitrogens with two attached hydrogens (primary N) is 1. The average Bonchev–Trinajstić information content (AvgIpc) is 2.67. The first kappa shape index (κ1) is 11.3. The second-order valence-corrected chi connectivity index (χ2v) is 5.95. The first-order valence-electron chi connectivity index (χ1n) is 4.70. The Kier molecular flexibility index (Phi) is 3.09. The van der Waals surface area contributed by atoms with Crippen molar-refractivity contribution in [1.82, 2.24) is 0 Å². The third kappa shape index (κ3) is 2.49. The van der Waals surface area contributed by atoms with Gasteiger partial charge < -0.3 is 0 Å². The second kappa shape index (κ2) is 4.37. The van der Waals surface area contributed by atoms with Crippen molar-refractivity contribution in [3.05, 3.63) is 52.2 Å². The standard InChI is InChI=1S/C11H11NO2S2/c12-16(13,14)11-6-7-15-10(11)8-9-4-2-1-3-5-9/h1-7H,8H2,(H2,12,13,14). The summed E-state index contributed by atoms with van der Waals surface area (Å²) in [6.45, 7) is 0. The highest BCUT2D eigenvalue weighted by molar-refractivity contribution is 7.89. The Morgan fingerprint density at radius 3 is 2.44 bits per heavy atom. The van der Waals surface area contributed by atoms with E-state index >= 15 is 0 Å². The summed E-state index contributed by atoms with van der Waals surface area (Å²) in [5, 5.41) is 6.88. The molecule has 2 aromatic rings. The van der Waals surface area contributed by atoms with Crippen LogP contribution in [0.3, 0.4) is 0 Å². The predicted molar refractivity (Wildman–Crippen MR) is 64.9 cm³/mol. The summed E-state index contributed by atoms with van der Waals surface area (Å²) in [5.41, 5.74) is 1.08. The van der Waals surface area contributed by atoms with Crippen molar-refractivity contribution >= 4 is 21.4 Å².